The number of aliphatic hydroxyl groups is 1. The molecule has 0 radical (unpaired) electrons. The molecule has 8 atom stereocenters. The van der Waals surface area contributed by atoms with E-state index in [0.29, 0.717) is 52.4 Å². The molecule has 6 aliphatic rings. The minimum Gasteiger partial charge on any atom is -0.497 e. The van der Waals surface area contributed by atoms with Crippen molar-refractivity contribution in [1.29, 1.82) is 0 Å². The number of fused-ring (bicyclic) bond motifs is 4. The monoisotopic (exact) mass is 1250 g/mol. The van der Waals surface area contributed by atoms with E-state index in [4.69, 9.17) is 76.2 Å². The second-order valence-corrected chi connectivity index (χ2v) is 21.7. The van der Waals surface area contributed by atoms with Crippen molar-refractivity contribution >= 4 is 91.9 Å². The summed E-state index contributed by atoms with van der Waals surface area (Å²) < 4.78 is 51.4. The van der Waals surface area contributed by atoms with Crippen LogP contribution < -0.4 is 20.7 Å². The first-order valence-electron chi connectivity index (χ1n) is 25.8. The minimum atomic E-state index is -0.827. The molecule has 6 heterocycles. The van der Waals surface area contributed by atoms with Crippen molar-refractivity contribution in [2.45, 2.75) is 127 Å². The molecule has 19 heteroatoms. The molecular formula is C59H67Cl3FIO14. The van der Waals surface area contributed by atoms with Crippen LogP contribution in [-0.4, -0.2) is 61.3 Å². The zero-order valence-corrected chi connectivity index (χ0v) is 48.9. The number of halogens is 5. The lowest BCUT2D eigenvalue weighted by Gasteiger charge is -2.51. The maximum absolute atomic E-state index is 13.2. The van der Waals surface area contributed by atoms with Crippen molar-refractivity contribution in [2.75, 3.05) is 32.8 Å². The van der Waals surface area contributed by atoms with Gasteiger partial charge in [0.25, 0.3) is 5.24 Å². The number of hydrogen-bond acceptors (Lipinski definition) is 14. The van der Waals surface area contributed by atoms with Crippen molar-refractivity contribution in [3.63, 3.8) is 0 Å². The fourth-order valence-corrected chi connectivity index (χ4v) is 13.6. The van der Waals surface area contributed by atoms with Gasteiger partial charge in [-0.1, -0.05) is 38.8 Å². The Kier molecular flexibility index (Phi) is 19.3. The maximum atomic E-state index is 13.2. The SMILES string of the molecule is COc1ccc2cc(C(=O)Cl)c(=O)oc2c1.COc1ccc2cc(C(=O)O[C@H](C)C3=CC[C@@]45OCCCC[C@@]34C[C@@H](C)c3occc35)c(=O)oc2c1.C[C@@H]1C[C@@]23CCCCO[C@@]2(CC=C3[C@@H](C)O)c2ccoc21.ClCCl.F.I.[HH]. The molecule has 2 aromatic carbocycles. The first kappa shape index (κ1) is 60.7. The molecule has 2 fully saturated rings. The molecular weight excluding hydrogens is 1180 g/mol. The molecule has 0 saturated carbocycles. The Labute approximate surface area is 484 Å². The molecule has 0 amide bonds. The normalized spacial score (nSPS) is 25.9. The molecule has 4 aliphatic carbocycles. The van der Waals surface area contributed by atoms with Gasteiger partial charge in [-0.05, 0) is 136 Å². The number of esters is 1. The lowest BCUT2D eigenvalue weighted by molar-refractivity contribution is -0.126. The van der Waals surface area contributed by atoms with Crippen LogP contribution in [0.25, 0.3) is 21.9 Å². The van der Waals surface area contributed by atoms with Crippen LogP contribution in [0.5, 0.6) is 11.5 Å². The number of aliphatic hydroxyl groups excluding tert-OH is 1. The van der Waals surface area contributed by atoms with Gasteiger partial charge in [-0.3, -0.25) is 9.50 Å². The summed E-state index contributed by atoms with van der Waals surface area (Å²) in [5.74, 6) is 3.14. The molecule has 0 bridgehead atoms. The van der Waals surface area contributed by atoms with E-state index in [1.54, 1.807) is 48.9 Å². The van der Waals surface area contributed by atoms with Gasteiger partial charge in [0.15, 0.2) is 0 Å². The van der Waals surface area contributed by atoms with Crippen LogP contribution in [-0.2, 0) is 25.4 Å². The molecule has 14 nitrogen and oxygen atoms in total. The summed E-state index contributed by atoms with van der Waals surface area (Å²) in [6.45, 7) is 9.72. The average molecular weight is 1250 g/mol. The summed E-state index contributed by atoms with van der Waals surface area (Å²) in [4.78, 5) is 48.2. The molecule has 0 spiro atoms. The zero-order chi connectivity index (χ0) is 54.2. The van der Waals surface area contributed by atoms with Crippen LogP contribution in [0.1, 0.15) is 149 Å². The number of benzene rings is 2. The molecule has 1 N–H and O–H groups in total. The van der Waals surface area contributed by atoms with Gasteiger partial charge in [0.2, 0.25) is 0 Å². The van der Waals surface area contributed by atoms with Gasteiger partial charge in [-0.25, -0.2) is 14.4 Å². The van der Waals surface area contributed by atoms with Gasteiger partial charge in [0.05, 0.1) is 38.2 Å². The highest BCUT2D eigenvalue weighted by Crippen LogP contribution is 2.68. The predicted octanol–water partition coefficient (Wildman–Crippen LogP) is 14.4. The summed E-state index contributed by atoms with van der Waals surface area (Å²) in [7, 11) is 3.05. The molecule has 78 heavy (non-hydrogen) atoms. The summed E-state index contributed by atoms with van der Waals surface area (Å²) in [6.07, 6.45) is 16.9. The van der Waals surface area contributed by atoms with Crippen LogP contribution in [0.4, 0.5) is 4.70 Å². The Bertz CT molecular complexity index is 3330. The van der Waals surface area contributed by atoms with Crippen molar-refractivity contribution < 1.29 is 62.2 Å². The number of carbonyl (C=O) groups is 2. The van der Waals surface area contributed by atoms with Crippen molar-refractivity contribution in [2.24, 2.45) is 10.8 Å². The third kappa shape index (κ3) is 10.6. The first-order chi connectivity index (χ1) is 36.5. The van der Waals surface area contributed by atoms with E-state index >= 15 is 0 Å². The average Bonchev–Trinajstić information content (AvgIpc) is 4.31. The molecule has 12 rings (SSSR count). The van der Waals surface area contributed by atoms with Gasteiger partial charge >= 0.3 is 17.2 Å². The largest absolute Gasteiger partial charge is 0.497 e. The van der Waals surface area contributed by atoms with E-state index in [-0.39, 0.29) is 68.9 Å². The van der Waals surface area contributed by atoms with Crippen LogP contribution in [0, 0.1) is 10.8 Å². The zero-order valence-electron chi connectivity index (χ0n) is 44.3. The number of alkyl halides is 2. The van der Waals surface area contributed by atoms with Crippen LogP contribution in [0.15, 0.2) is 124 Å². The van der Waals surface area contributed by atoms with E-state index in [1.165, 1.54) is 43.9 Å². The number of furan rings is 2. The van der Waals surface area contributed by atoms with Crippen LogP contribution >= 0.6 is 58.8 Å². The Morgan fingerprint density at radius 1 is 0.705 bits per heavy atom. The molecule has 0 unspecified atom stereocenters. The van der Waals surface area contributed by atoms with Gasteiger partial charge in [0.1, 0.15) is 62.6 Å². The highest BCUT2D eigenvalue weighted by atomic mass is 127. The quantitative estimate of drug-likeness (QED) is 0.0397. The molecule has 2 aliphatic heterocycles. The van der Waals surface area contributed by atoms with Gasteiger partial charge in [-0.15, -0.1) is 47.2 Å². The lowest BCUT2D eigenvalue weighted by Crippen LogP contribution is -2.50. The summed E-state index contributed by atoms with van der Waals surface area (Å²) in [6, 6.07) is 17.1. The third-order valence-corrected chi connectivity index (χ3v) is 16.7. The number of carbonyl (C=O) groups excluding carboxylic acids is 2. The summed E-state index contributed by atoms with van der Waals surface area (Å²) in [5.41, 5.74) is 2.43. The van der Waals surface area contributed by atoms with Crippen molar-refractivity contribution in [1.82, 2.24) is 0 Å². The van der Waals surface area contributed by atoms with Gasteiger partial charge in [0, 0.05) is 71.3 Å². The number of methoxy groups -OCH3 is 2. The number of rotatable bonds is 7. The van der Waals surface area contributed by atoms with Crippen molar-refractivity contribution in [3.05, 3.63) is 151 Å². The van der Waals surface area contributed by atoms with E-state index in [9.17, 15) is 24.3 Å². The Morgan fingerprint density at radius 3 is 1.62 bits per heavy atom. The second-order valence-electron chi connectivity index (χ2n) is 20.6. The number of hydrogen-bond donors (Lipinski definition) is 1. The molecule has 2 saturated heterocycles. The lowest BCUT2D eigenvalue weighted by atomic mass is 9.56. The highest BCUT2D eigenvalue weighted by Gasteiger charge is 2.65. The molecule has 6 aromatic rings. The van der Waals surface area contributed by atoms with Crippen LogP contribution in [0.3, 0.4) is 0 Å². The van der Waals surface area contributed by atoms with Gasteiger partial charge < -0.3 is 46.5 Å². The smallest absolute Gasteiger partial charge is 0.351 e. The van der Waals surface area contributed by atoms with Crippen LogP contribution in [0.2, 0.25) is 0 Å². The first-order valence-corrected chi connectivity index (χ1v) is 27.3. The third-order valence-electron chi connectivity index (χ3n) is 16.5. The van der Waals surface area contributed by atoms with E-state index in [1.807, 2.05) is 19.9 Å². The second kappa shape index (κ2) is 24.8. The Balaban J connectivity index is 0.000000200. The maximum Gasteiger partial charge on any atom is 0.351 e. The Hall–Kier alpha value is -4.95. The summed E-state index contributed by atoms with van der Waals surface area (Å²) in [5, 5.41) is 11.0. The summed E-state index contributed by atoms with van der Waals surface area (Å²) >= 11 is 14.8. The van der Waals surface area contributed by atoms with Gasteiger partial charge in [-0.2, -0.15) is 0 Å². The fraction of sp³-hybridized carbons (Fsp3) is 0.458. The fourth-order valence-electron chi connectivity index (χ4n) is 13.5. The minimum absolute atomic E-state index is 0. The predicted molar refractivity (Wildman–Crippen MR) is 308 cm³/mol. The highest BCUT2D eigenvalue weighted by molar-refractivity contribution is 14.0. The number of ether oxygens (including phenoxy) is 5. The topological polar surface area (TPSA) is 187 Å². The van der Waals surface area contributed by atoms with E-state index in [0.717, 1.165) is 80.6 Å². The Morgan fingerprint density at radius 2 is 1.15 bits per heavy atom. The van der Waals surface area contributed by atoms with E-state index in [2.05, 4.69) is 32.1 Å². The van der Waals surface area contributed by atoms with Crippen molar-refractivity contribution in [3.8, 4) is 11.5 Å². The van der Waals surface area contributed by atoms with E-state index < -0.39 is 40.3 Å². The molecule has 4 aromatic heterocycles. The molecule has 422 valence electrons. The standard InChI is InChI=1S/C29H30O7.C18H24O3.C11H7ClO4.CH2Cl2.FH.HI.H2/c1-17-16-28-10-4-5-12-34-29(28,23-9-13-33-25(17)23)11-8-22(28)18(2)35-26(30)21-14-19-6-7-20(32-3)15-24(19)36-27(21)31;1-12-11-17-7-3-4-9-21-18(17,8-5-14(17)13(2)19)15-6-10-20-16(12)15;1-15-7-3-2-6-4-8(10(12)13)11(14)16-9(6)5-7;2-1-3;;;/h6-9,13-15,17-18H,4-5,10-12,16H2,1-3H3;5-6,10,12-13,19H,3-4,7-9,11H2,1-2H3;2-5H,1H3;1H2;3*1H/t17-,18-,28-,29+;12-,13-,17-,18+;;;;;/m11...../s1.